The van der Waals surface area contributed by atoms with E-state index in [9.17, 15) is 4.79 Å². The highest BCUT2D eigenvalue weighted by molar-refractivity contribution is 7.13. The summed E-state index contributed by atoms with van der Waals surface area (Å²) in [5, 5.41) is 14.9. The van der Waals surface area contributed by atoms with E-state index in [1.807, 2.05) is 35.7 Å². The summed E-state index contributed by atoms with van der Waals surface area (Å²) in [5.74, 6) is -0.869. The molecule has 0 saturated carbocycles. The molecule has 0 unspecified atom stereocenters. The van der Waals surface area contributed by atoms with Crippen LogP contribution in [0.1, 0.15) is 19.5 Å². The summed E-state index contributed by atoms with van der Waals surface area (Å²) in [6, 6.07) is 9.94. The molecule has 0 aliphatic carbocycles. The number of rotatable bonds is 5. The highest BCUT2D eigenvalue weighted by Crippen LogP contribution is 2.23. The number of benzene rings is 1. The second-order valence-electron chi connectivity index (χ2n) is 4.79. The Bertz CT molecular complexity index is 564. The summed E-state index contributed by atoms with van der Waals surface area (Å²) in [6.07, 6.45) is 0. The van der Waals surface area contributed by atoms with Gasteiger partial charge in [-0.1, -0.05) is 30.3 Å². The van der Waals surface area contributed by atoms with Crippen molar-refractivity contribution < 1.29 is 9.90 Å². The first-order chi connectivity index (χ1) is 8.99. The minimum Gasteiger partial charge on any atom is -0.480 e. The SMILES string of the molecule is CC(C)(NCc1csc(-c2ccccc2)n1)C(=O)O. The molecule has 0 aliphatic heterocycles. The fraction of sp³-hybridized carbons (Fsp3) is 0.286. The fourth-order valence-electron chi connectivity index (χ4n) is 1.49. The molecule has 1 aromatic carbocycles. The van der Waals surface area contributed by atoms with Crippen LogP contribution in [-0.4, -0.2) is 21.6 Å². The normalized spacial score (nSPS) is 11.5. The molecule has 0 radical (unpaired) electrons. The maximum Gasteiger partial charge on any atom is 0.323 e. The van der Waals surface area contributed by atoms with Crippen molar-refractivity contribution in [3.05, 3.63) is 41.4 Å². The number of carboxylic acids is 1. The van der Waals surface area contributed by atoms with E-state index < -0.39 is 11.5 Å². The minimum atomic E-state index is -0.948. The summed E-state index contributed by atoms with van der Waals surface area (Å²) in [6.45, 7) is 3.72. The molecule has 1 aromatic heterocycles. The number of nitrogens with zero attached hydrogens (tertiary/aromatic N) is 1. The highest BCUT2D eigenvalue weighted by atomic mass is 32.1. The van der Waals surface area contributed by atoms with Crippen LogP contribution in [-0.2, 0) is 11.3 Å². The standard InChI is InChI=1S/C14H16N2O2S/c1-14(2,13(17)18)15-8-11-9-19-12(16-11)10-6-4-3-5-7-10/h3-7,9,15H,8H2,1-2H3,(H,17,18). The molecule has 2 aromatic rings. The Kier molecular flexibility index (Phi) is 3.97. The van der Waals surface area contributed by atoms with Crippen molar-refractivity contribution in [2.75, 3.05) is 0 Å². The summed E-state index contributed by atoms with van der Waals surface area (Å²) >= 11 is 1.56. The smallest absolute Gasteiger partial charge is 0.323 e. The van der Waals surface area contributed by atoms with E-state index in [4.69, 9.17) is 5.11 Å². The molecular weight excluding hydrogens is 260 g/mol. The van der Waals surface area contributed by atoms with Gasteiger partial charge in [0.1, 0.15) is 10.5 Å². The van der Waals surface area contributed by atoms with Crippen molar-refractivity contribution in [2.24, 2.45) is 0 Å². The van der Waals surface area contributed by atoms with Crippen molar-refractivity contribution in [1.29, 1.82) is 0 Å². The Morgan fingerprint density at radius 1 is 1.37 bits per heavy atom. The number of hydrogen-bond donors (Lipinski definition) is 2. The number of thiazole rings is 1. The molecule has 0 atom stereocenters. The van der Waals surface area contributed by atoms with Crippen molar-refractivity contribution in [2.45, 2.75) is 25.9 Å². The van der Waals surface area contributed by atoms with E-state index in [0.717, 1.165) is 16.3 Å². The number of carbonyl (C=O) groups is 1. The Balaban J connectivity index is 2.05. The zero-order valence-electron chi connectivity index (χ0n) is 10.9. The quantitative estimate of drug-likeness (QED) is 0.881. The predicted octanol–water partition coefficient (Wildman–Crippen LogP) is 2.76. The van der Waals surface area contributed by atoms with Crippen molar-refractivity contribution in [3.63, 3.8) is 0 Å². The number of nitrogens with one attached hydrogen (secondary N) is 1. The van der Waals surface area contributed by atoms with Gasteiger partial charge in [-0.3, -0.25) is 10.1 Å². The second-order valence-corrected chi connectivity index (χ2v) is 5.65. The zero-order valence-corrected chi connectivity index (χ0v) is 11.7. The van der Waals surface area contributed by atoms with E-state index in [2.05, 4.69) is 10.3 Å². The van der Waals surface area contributed by atoms with Gasteiger partial charge in [0.2, 0.25) is 0 Å². The Hall–Kier alpha value is -1.72. The van der Waals surface area contributed by atoms with Crippen molar-refractivity contribution >= 4 is 17.3 Å². The Morgan fingerprint density at radius 2 is 2.05 bits per heavy atom. The van der Waals surface area contributed by atoms with Gasteiger partial charge < -0.3 is 5.11 Å². The molecule has 5 heteroatoms. The van der Waals surface area contributed by atoms with Crippen LogP contribution in [0.5, 0.6) is 0 Å². The van der Waals surface area contributed by atoms with E-state index in [1.165, 1.54) is 0 Å². The first kappa shape index (κ1) is 13.7. The molecule has 19 heavy (non-hydrogen) atoms. The third-order valence-electron chi connectivity index (χ3n) is 2.82. The number of aromatic nitrogens is 1. The second kappa shape index (κ2) is 5.50. The van der Waals surface area contributed by atoms with Crippen LogP contribution in [0.2, 0.25) is 0 Å². The number of aliphatic carboxylic acids is 1. The highest BCUT2D eigenvalue weighted by Gasteiger charge is 2.26. The lowest BCUT2D eigenvalue weighted by Crippen LogP contribution is -2.46. The summed E-state index contributed by atoms with van der Waals surface area (Å²) in [5.41, 5.74) is 0.991. The van der Waals surface area contributed by atoms with E-state index in [0.29, 0.717) is 6.54 Å². The molecule has 100 valence electrons. The van der Waals surface area contributed by atoms with Crippen LogP contribution >= 0.6 is 11.3 Å². The number of carboxylic acid groups (broad SMARTS) is 1. The lowest BCUT2D eigenvalue weighted by Gasteiger charge is -2.20. The van der Waals surface area contributed by atoms with Crippen LogP contribution < -0.4 is 5.32 Å². The van der Waals surface area contributed by atoms with Gasteiger partial charge in [-0.25, -0.2) is 4.98 Å². The average Bonchev–Trinajstić information content (AvgIpc) is 2.86. The molecule has 0 bridgehead atoms. The first-order valence-corrected chi connectivity index (χ1v) is 6.85. The summed E-state index contributed by atoms with van der Waals surface area (Å²) < 4.78 is 0. The first-order valence-electron chi connectivity index (χ1n) is 5.97. The summed E-state index contributed by atoms with van der Waals surface area (Å²) in [7, 11) is 0. The Morgan fingerprint density at radius 3 is 2.68 bits per heavy atom. The van der Waals surface area contributed by atoms with Gasteiger partial charge in [0, 0.05) is 17.5 Å². The number of hydrogen-bond acceptors (Lipinski definition) is 4. The molecule has 4 nitrogen and oxygen atoms in total. The largest absolute Gasteiger partial charge is 0.480 e. The van der Waals surface area contributed by atoms with E-state index >= 15 is 0 Å². The molecule has 2 N–H and O–H groups in total. The maximum absolute atomic E-state index is 11.0. The topological polar surface area (TPSA) is 62.2 Å². The van der Waals surface area contributed by atoms with Gasteiger partial charge in [-0.05, 0) is 13.8 Å². The van der Waals surface area contributed by atoms with Gasteiger partial charge in [-0.15, -0.1) is 11.3 Å². The van der Waals surface area contributed by atoms with Gasteiger partial charge in [-0.2, -0.15) is 0 Å². The van der Waals surface area contributed by atoms with Crippen molar-refractivity contribution in [3.8, 4) is 10.6 Å². The minimum absolute atomic E-state index is 0.447. The molecule has 1 heterocycles. The molecule has 0 aliphatic rings. The van der Waals surface area contributed by atoms with Crippen LogP contribution in [0.15, 0.2) is 35.7 Å². The van der Waals surface area contributed by atoms with Gasteiger partial charge in [0.15, 0.2) is 0 Å². The predicted molar refractivity (Wildman–Crippen MR) is 76.1 cm³/mol. The molecule has 0 spiro atoms. The van der Waals surface area contributed by atoms with Crippen LogP contribution in [0.3, 0.4) is 0 Å². The van der Waals surface area contributed by atoms with Gasteiger partial charge in [0.05, 0.1) is 5.69 Å². The zero-order chi connectivity index (χ0) is 13.9. The third-order valence-corrected chi connectivity index (χ3v) is 3.76. The van der Waals surface area contributed by atoms with Crippen molar-refractivity contribution in [1.82, 2.24) is 10.3 Å². The van der Waals surface area contributed by atoms with Crippen LogP contribution in [0.25, 0.3) is 10.6 Å². The van der Waals surface area contributed by atoms with E-state index in [-0.39, 0.29) is 0 Å². The lowest BCUT2D eigenvalue weighted by molar-refractivity contribution is -0.143. The van der Waals surface area contributed by atoms with Crippen LogP contribution in [0.4, 0.5) is 0 Å². The Labute approximate surface area is 116 Å². The molecule has 0 amide bonds. The van der Waals surface area contributed by atoms with E-state index in [1.54, 1.807) is 25.2 Å². The van der Waals surface area contributed by atoms with Gasteiger partial charge >= 0.3 is 5.97 Å². The monoisotopic (exact) mass is 276 g/mol. The molecule has 2 rings (SSSR count). The molecular formula is C14H16N2O2S. The van der Waals surface area contributed by atoms with Crippen LogP contribution in [0, 0.1) is 0 Å². The fourth-order valence-corrected chi connectivity index (χ4v) is 2.31. The van der Waals surface area contributed by atoms with Gasteiger partial charge in [0.25, 0.3) is 0 Å². The molecule has 0 saturated heterocycles. The lowest BCUT2D eigenvalue weighted by atomic mass is 10.1. The molecule has 0 fully saturated rings. The summed E-state index contributed by atoms with van der Waals surface area (Å²) in [4.78, 5) is 15.5. The maximum atomic E-state index is 11.0. The average molecular weight is 276 g/mol. The third kappa shape index (κ3) is 3.39.